The van der Waals surface area contributed by atoms with E-state index in [1.807, 2.05) is 34.6 Å². The average Bonchev–Trinajstić information content (AvgIpc) is 2.13. The van der Waals surface area contributed by atoms with Gasteiger partial charge in [-0.2, -0.15) is 0 Å². The summed E-state index contributed by atoms with van der Waals surface area (Å²) in [4.78, 5) is 22.6. The third-order valence-electron chi connectivity index (χ3n) is 2.83. The summed E-state index contributed by atoms with van der Waals surface area (Å²) >= 11 is 0. The van der Waals surface area contributed by atoms with Crippen molar-refractivity contribution >= 4 is 11.9 Å². The lowest BCUT2D eigenvalue weighted by Gasteiger charge is -2.26. The van der Waals surface area contributed by atoms with Crippen LogP contribution in [0.1, 0.15) is 34.6 Å². The molecule has 17 heavy (non-hydrogen) atoms. The molecule has 0 aromatic heterocycles. The van der Waals surface area contributed by atoms with Gasteiger partial charge in [0.15, 0.2) is 0 Å². The second kappa shape index (κ2) is 6.00. The molecule has 0 saturated heterocycles. The van der Waals surface area contributed by atoms with Crippen molar-refractivity contribution in [1.29, 1.82) is 0 Å². The van der Waals surface area contributed by atoms with E-state index in [-0.39, 0.29) is 23.8 Å². The maximum absolute atomic E-state index is 11.7. The number of carboxylic acids is 1. The van der Waals surface area contributed by atoms with E-state index in [0.29, 0.717) is 0 Å². The third kappa shape index (κ3) is 5.17. The standard InChI is InChI=1S/C12H24N2O3/c1-7(2)8(11(16)17)6-14-10(15)9(13)12(3,4)5/h7-9H,6,13H2,1-5H3,(H,14,15)(H,16,17). The van der Waals surface area contributed by atoms with Crippen LogP contribution in [0.4, 0.5) is 0 Å². The van der Waals surface area contributed by atoms with Crippen LogP contribution in [0.5, 0.6) is 0 Å². The van der Waals surface area contributed by atoms with E-state index < -0.39 is 17.9 Å². The molecule has 0 rings (SSSR count). The molecule has 0 aliphatic rings. The summed E-state index contributed by atoms with van der Waals surface area (Å²) < 4.78 is 0. The van der Waals surface area contributed by atoms with E-state index in [9.17, 15) is 9.59 Å². The van der Waals surface area contributed by atoms with Crippen LogP contribution >= 0.6 is 0 Å². The Hall–Kier alpha value is -1.10. The Morgan fingerprint density at radius 3 is 2.06 bits per heavy atom. The number of nitrogens with two attached hydrogens (primary N) is 1. The second-order valence-electron chi connectivity index (χ2n) is 5.78. The highest BCUT2D eigenvalue weighted by Gasteiger charge is 2.29. The number of amides is 1. The highest BCUT2D eigenvalue weighted by Crippen LogP contribution is 2.17. The van der Waals surface area contributed by atoms with Gasteiger partial charge in [-0.25, -0.2) is 0 Å². The molecule has 0 heterocycles. The molecule has 0 aromatic carbocycles. The molecule has 4 N–H and O–H groups in total. The van der Waals surface area contributed by atoms with Gasteiger partial charge in [0.05, 0.1) is 12.0 Å². The monoisotopic (exact) mass is 244 g/mol. The Bertz CT molecular complexity index is 282. The van der Waals surface area contributed by atoms with Crippen LogP contribution in [0, 0.1) is 17.3 Å². The van der Waals surface area contributed by atoms with Gasteiger partial charge in [-0.15, -0.1) is 0 Å². The first-order valence-electron chi connectivity index (χ1n) is 5.83. The van der Waals surface area contributed by atoms with Crippen molar-refractivity contribution in [3.05, 3.63) is 0 Å². The predicted molar refractivity (Wildman–Crippen MR) is 66.4 cm³/mol. The molecule has 100 valence electrons. The van der Waals surface area contributed by atoms with Crippen molar-refractivity contribution in [2.45, 2.75) is 40.7 Å². The summed E-state index contributed by atoms with van der Waals surface area (Å²) in [6.45, 7) is 9.36. The molecule has 0 aliphatic heterocycles. The van der Waals surface area contributed by atoms with Gasteiger partial charge in [0, 0.05) is 6.54 Å². The lowest BCUT2D eigenvalue weighted by Crippen LogP contribution is -2.50. The van der Waals surface area contributed by atoms with E-state index >= 15 is 0 Å². The van der Waals surface area contributed by atoms with Crippen molar-refractivity contribution in [2.24, 2.45) is 23.0 Å². The Morgan fingerprint density at radius 1 is 1.29 bits per heavy atom. The van der Waals surface area contributed by atoms with Crippen molar-refractivity contribution in [2.75, 3.05) is 6.54 Å². The molecule has 0 aliphatic carbocycles. The highest BCUT2D eigenvalue weighted by molar-refractivity contribution is 5.83. The Balaban J connectivity index is 4.37. The first kappa shape index (κ1) is 15.9. The molecule has 5 nitrogen and oxygen atoms in total. The average molecular weight is 244 g/mol. The summed E-state index contributed by atoms with van der Waals surface area (Å²) in [5.41, 5.74) is 5.44. The van der Waals surface area contributed by atoms with Crippen LogP contribution in [-0.2, 0) is 9.59 Å². The molecule has 0 bridgehead atoms. The van der Waals surface area contributed by atoms with Crippen LogP contribution in [-0.4, -0.2) is 29.6 Å². The quantitative estimate of drug-likeness (QED) is 0.668. The van der Waals surface area contributed by atoms with Gasteiger partial charge in [-0.05, 0) is 11.3 Å². The van der Waals surface area contributed by atoms with Gasteiger partial charge in [0.2, 0.25) is 5.91 Å². The molecule has 2 atom stereocenters. The summed E-state index contributed by atoms with van der Waals surface area (Å²) in [6.07, 6.45) is 0. The lowest BCUT2D eigenvalue weighted by molar-refractivity contribution is -0.143. The minimum absolute atomic E-state index is 0.0290. The zero-order chi connectivity index (χ0) is 13.8. The Morgan fingerprint density at radius 2 is 1.76 bits per heavy atom. The SMILES string of the molecule is CC(C)C(CNC(=O)C(N)C(C)(C)C)C(=O)O. The summed E-state index contributed by atoms with van der Waals surface area (Å²) in [6, 6.07) is -0.635. The number of hydrogen-bond donors (Lipinski definition) is 3. The topological polar surface area (TPSA) is 92.4 Å². The molecule has 0 fully saturated rings. The van der Waals surface area contributed by atoms with E-state index in [1.54, 1.807) is 0 Å². The molecule has 1 amide bonds. The van der Waals surface area contributed by atoms with Crippen molar-refractivity contribution in [3.63, 3.8) is 0 Å². The maximum Gasteiger partial charge on any atom is 0.308 e. The molecular formula is C12H24N2O3. The summed E-state index contributed by atoms with van der Waals surface area (Å²) in [5, 5.41) is 11.6. The van der Waals surface area contributed by atoms with E-state index in [1.165, 1.54) is 0 Å². The van der Waals surface area contributed by atoms with Gasteiger partial charge in [-0.1, -0.05) is 34.6 Å². The number of nitrogens with one attached hydrogen (secondary N) is 1. The van der Waals surface area contributed by atoms with Gasteiger partial charge in [-0.3, -0.25) is 9.59 Å². The smallest absolute Gasteiger partial charge is 0.308 e. The maximum atomic E-state index is 11.7. The first-order valence-corrected chi connectivity index (χ1v) is 5.83. The van der Waals surface area contributed by atoms with E-state index in [4.69, 9.17) is 10.8 Å². The van der Waals surface area contributed by atoms with Gasteiger partial charge >= 0.3 is 5.97 Å². The fraction of sp³-hybridized carbons (Fsp3) is 0.833. The van der Waals surface area contributed by atoms with E-state index in [2.05, 4.69) is 5.32 Å². The van der Waals surface area contributed by atoms with Gasteiger partial charge in [0.1, 0.15) is 0 Å². The van der Waals surface area contributed by atoms with Crippen molar-refractivity contribution in [3.8, 4) is 0 Å². The third-order valence-corrected chi connectivity index (χ3v) is 2.83. The zero-order valence-corrected chi connectivity index (χ0v) is 11.3. The van der Waals surface area contributed by atoms with Gasteiger partial charge in [0.25, 0.3) is 0 Å². The number of carbonyl (C=O) groups is 2. The minimum Gasteiger partial charge on any atom is -0.481 e. The molecule has 0 radical (unpaired) electrons. The van der Waals surface area contributed by atoms with E-state index in [0.717, 1.165) is 0 Å². The van der Waals surface area contributed by atoms with Crippen molar-refractivity contribution < 1.29 is 14.7 Å². The number of hydrogen-bond acceptors (Lipinski definition) is 3. The lowest BCUT2D eigenvalue weighted by atomic mass is 9.86. The molecule has 2 unspecified atom stereocenters. The van der Waals surface area contributed by atoms with Crippen LogP contribution in [0.3, 0.4) is 0 Å². The number of rotatable bonds is 5. The van der Waals surface area contributed by atoms with Gasteiger partial charge < -0.3 is 16.2 Å². The number of carbonyl (C=O) groups excluding carboxylic acids is 1. The second-order valence-corrected chi connectivity index (χ2v) is 5.78. The Kier molecular flexibility index (Phi) is 5.61. The predicted octanol–water partition coefficient (Wildman–Crippen LogP) is 0.833. The Labute approximate surface area is 103 Å². The van der Waals surface area contributed by atoms with Crippen molar-refractivity contribution in [1.82, 2.24) is 5.32 Å². The first-order chi connectivity index (χ1) is 7.57. The molecule has 0 spiro atoms. The fourth-order valence-corrected chi connectivity index (χ4v) is 1.32. The summed E-state index contributed by atoms with van der Waals surface area (Å²) in [5.74, 6) is -1.81. The number of aliphatic carboxylic acids is 1. The van der Waals surface area contributed by atoms with Crippen LogP contribution in [0.2, 0.25) is 0 Å². The largest absolute Gasteiger partial charge is 0.481 e. The molecular weight excluding hydrogens is 220 g/mol. The summed E-state index contributed by atoms with van der Waals surface area (Å²) in [7, 11) is 0. The van der Waals surface area contributed by atoms with Crippen LogP contribution < -0.4 is 11.1 Å². The molecule has 5 heteroatoms. The molecule has 0 aromatic rings. The normalized spacial score (nSPS) is 15.5. The number of carboxylic acid groups (broad SMARTS) is 1. The van der Waals surface area contributed by atoms with Crippen LogP contribution in [0.25, 0.3) is 0 Å². The molecule has 0 saturated carbocycles. The minimum atomic E-state index is -0.898. The fourth-order valence-electron chi connectivity index (χ4n) is 1.32. The van der Waals surface area contributed by atoms with Crippen LogP contribution in [0.15, 0.2) is 0 Å². The zero-order valence-electron chi connectivity index (χ0n) is 11.3. The highest BCUT2D eigenvalue weighted by atomic mass is 16.4.